The molecule has 1 aromatic carbocycles. The highest BCUT2D eigenvalue weighted by Crippen LogP contribution is 2.13. The summed E-state index contributed by atoms with van der Waals surface area (Å²) in [4.78, 5) is 23.6. The normalized spacial score (nSPS) is 11.7. The van der Waals surface area contributed by atoms with Crippen molar-refractivity contribution in [2.75, 3.05) is 24.9 Å². The summed E-state index contributed by atoms with van der Waals surface area (Å²) in [7, 11) is 1.30. The highest BCUT2D eigenvalue weighted by molar-refractivity contribution is 7.98. The van der Waals surface area contributed by atoms with Crippen LogP contribution in [0, 0.1) is 6.92 Å². The van der Waals surface area contributed by atoms with Crippen LogP contribution in [-0.2, 0) is 9.53 Å². The van der Waals surface area contributed by atoms with E-state index in [2.05, 4.69) is 10.1 Å². The highest BCUT2D eigenvalue weighted by Gasteiger charge is 2.21. The number of thioether (sulfide) groups is 1. The van der Waals surface area contributed by atoms with Crippen molar-refractivity contribution in [2.24, 2.45) is 0 Å². The molecule has 1 aromatic rings. The Kier molecular flexibility index (Phi) is 5.69. The SMILES string of the molecule is COC(=O)C(CSC)NC(=O)c1ccc(N)c(C)c1. The van der Waals surface area contributed by atoms with Crippen LogP contribution in [0.2, 0.25) is 0 Å². The Hall–Kier alpha value is -1.69. The van der Waals surface area contributed by atoms with Crippen molar-refractivity contribution in [1.29, 1.82) is 0 Å². The molecule has 0 aliphatic rings. The third-order valence-electron chi connectivity index (χ3n) is 2.66. The van der Waals surface area contributed by atoms with E-state index in [1.54, 1.807) is 18.2 Å². The van der Waals surface area contributed by atoms with Gasteiger partial charge in [0.1, 0.15) is 6.04 Å². The van der Waals surface area contributed by atoms with Crippen LogP contribution in [-0.4, -0.2) is 37.0 Å². The van der Waals surface area contributed by atoms with Gasteiger partial charge in [-0.2, -0.15) is 11.8 Å². The molecule has 1 unspecified atom stereocenters. The lowest BCUT2D eigenvalue weighted by molar-refractivity contribution is -0.142. The zero-order valence-corrected chi connectivity index (χ0v) is 12.0. The van der Waals surface area contributed by atoms with E-state index in [9.17, 15) is 9.59 Å². The van der Waals surface area contributed by atoms with Crippen LogP contribution in [0.3, 0.4) is 0 Å². The van der Waals surface area contributed by atoms with E-state index in [-0.39, 0.29) is 5.91 Å². The molecule has 0 aliphatic heterocycles. The number of rotatable bonds is 5. The molecule has 3 N–H and O–H groups in total. The molecule has 5 nitrogen and oxygen atoms in total. The molecule has 0 heterocycles. The van der Waals surface area contributed by atoms with Crippen LogP contribution in [0.1, 0.15) is 15.9 Å². The summed E-state index contributed by atoms with van der Waals surface area (Å²) >= 11 is 1.46. The Balaban J connectivity index is 2.81. The number of nitrogens with one attached hydrogen (secondary N) is 1. The predicted octanol–water partition coefficient (Wildman–Crippen LogP) is 1.21. The molecule has 0 aliphatic carbocycles. The molecular formula is C13H18N2O3S. The number of carbonyl (C=O) groups excluding carboxylic acids is 2. The van der Waals surface area contributed by atoms with Crippen molar-refractivity contribution in [3.63, 3.8) is 0 Å². The number of carbonyl (C=O) groups is 2. The van der Waals surface area contributed by atoms with Crippen LogP contribution < -0.4 is 11.1 Å². The molecule has 0 saturated carbocycles. The first-order valence-electron chi connectivity index (χ1n) is 5.73. The minimum atomic E-state index is -0.648. The van der Waals surface area contributed by atoms with E-state index in [0.29, 0.717) is 17.0 Å². The second-order valence-electron chi connectivity index (χ2n) is 4.08. The van der Waals surface area contributed by atoms with Gasteiger partial charge in [-0.25, -0.2) is 4.79 Å². The van der Waals surface area contributed by atoms with Gasteiger partial charge in [-0.05, 0) is 36.9 Å². The zero-order valence-electron chi connectivity index (χ0n) is 11.2. The summed E-state index contributed by atoms with van der Waals surface area (Å²) in [5.41, 5.74) is 7.63. The molecule has 0 aromatic heterocycles. The van der Waals surface area contributed by atoms with Gasteiger partial charge in [-0.3, -0.25) is 4.79 Å². The maximum absolute atomic E-state index is 12.0. The van der Waals surface area contributed by atoms with Crippen molar-refractivity contribution < 1.29 is 14.3 Å². The standard InChI is InChI=1S/C13H18N2O3S/c1-8-6-9(4-5-10(8)14)12(16)15-11(7-19-3)13(17)18-2/h4-6,11H,7,14H2,1-3H3,(H,15,16). The van der Waals surface area contributed by atoms with Gasteiger partial charge in [0.05, 0.1) is 7.11 Å². The Morgan fingerprint density at radius 1 is 1.47 bits per heavy atom. The summed E-state index contributed by atoms with van der Waals surface area (Å²) < 4.78 is 4.66. The molecule has 0 radical (unpaired) electrons. The van der Waals surface area contributed by atoms with Crippen molar-refractivity contribution in [3.8, 4) is 0 Å². The predicted molar refractivity (Wildman–Crippen MR) is 77.2 cm³/mol. The first kappa shape index (κ1) is 15.4. The summed E-state index contributed by atoms with van der Waals surface area (Å²) in [6.07, 6.45) is 1.86. The number of ether oxygens (including phenoxy) is 1. The van der Waals surface area contributed by atoms with Gasteiger partial charge in [-0.15, -0.1) is 0 Å². The minimum absolute atomic E-state index is 0.312. The second kappa shape index (κ2) is 7.04. The largest absolute Gasteiger partial charge is 0.467 e. The molecule has 0 spiro atoms. The van der Waals surface area contributed by atoms with Crippen LogP contribution in [0.15, 0.2) is 18.2 Å². The number of esters is 1. The summed E-state index contributed by atoms with van der Waals surface area (Å²) in [5.74, 6) is -0.297. The molecule has 1 rings (SSSR count). The number of methoxy groups -OCH3 is 1. The Morgan fingerprint density at radius 3 is 2.68 bits per heavy atom. The fourth-order valence-electron chi connectivity index (χ4n) is 1.54. The number of hydrogen-bond acceptors (Lipinski definition) is 5. The minimum Gasteiger partial charge on any atom is -0.467 e. The Bertz CT molecular complexity index is 477. The van der Waals surface area contributed by atoms with Crippen molar-refractivity contribution in [1.82, 2.24) is 5.32 Å². The van der Waals surface area contributed by atoms with Crippen LogP contribution in [0.5, 0.6) is 0 Å². The number of nitrogens with two attached hydrogens (primary N) is 1. The highest BCUT2D eigenvalue weighted by atomic mass is 32.2. The second-order valence-corrected chi connectivity index (χ2v) is 4.99. The molecule has 0 bridgehead atoms. The van der Waals surface area contributed by atoms with E-state index >= 15 is 0 Å². The van der Waals surface area contributed by atoms with Crippen molar-refractivity contribution >= 4 is 29.3 Å². The van der Waals surface area contributed by atoms with Gasteiger partial charge in [0.2, 0.25) is 0 Å². The van der Waals surface area contributed by atoms with Gasteiger partial charge >= 0.3 is 5.97 Å². The van der Waals surface area contributed by atoms with E-state index < -0.39 is 12.0 Å². The van der Waals surface area contributed by atoms with E-state index in [1.807, 2.05) is 13.2 Å². The third kappa shape index (κ3) is 4.17. The van der Waals surface area contributed by atoms with Gasteiger partial charge < -0.3 is 15.8 Å². The molecule has 19 heavy (non-hydrogen) atoms. The molecule has 0 saturated heterocycles. The van der Waals surface area contributed by atoms with E-state index in [0.717, 1.165) is 5.56 Å². The van der Waals surface area contributed by atoms with Crippen molar-refractivity contribution in [3.05, 3.63) is 29.3 Å². The van der Waals surface area contributed by atoms with Crippen molar-refractivity contribution in [2.45, 2.75) is 13.0 Å². The van der Waals surface area contributed by atoms with Crippen LogP contribution in [0.25, 0.3) is 0 Å². The molecule has 0 fully saturated rings. The topological polar surface area (TPSA) is 81.4 Å². The maximum atomic E-state index is 12.0. The molecule has 1 atom stereocenters. The summed E-state index contributed by atoms with van der Waals surface area (Å²) in [6.45, 7) is 1.83. The number of nitrogen functional groups attached to an aromatic ring is 1. The lowest BCUT2D eigenvalue weighted by atomic mass is 10.1. The van der Waals surface area contributed by atoms with Crippen LogP contribution in [0.4, 0.5) is 5.69 Å². The number of amides is 1. The molecule has 6 heteroatoms. The average Bonchev–Trinajstić information content (AvgIpc) is 2.40. The van der Waals surface area contributed by atoms with E-state index in [4.69, 9.17) is 5.73 Å². The lowest BCUT2D eigenvalue weighted by Crippen LogP contribution is -2.43. The molecule has 1 amide bonds. The molecule has 104 valence electrons. The Labute approximate surface area is 116 Å². The zero-order chi connectivity index (χ0) is 14.4. The number of anilines is 1. The third-order valence-corrected chi connectivity index (χ3v) is 3.32. The lowest BCUT2D eigenvalue weighted by Gasteiger charge is -2.15. The monoisotopic (exact) mass is 282 g/mol. The fraction of sp³-hybridized carbons (Fsp3) is 0.385. The molecular weight excluding hydrogens is 264 g/mol. The fourth-order valence-corrected chi connectivity index (χ4v) is 2.09. The van der Waals surface area contributed by atoms with Gasteiger partial charge in [0, 0.05) is 17.0 Å². The smallest absolute Gasteiger partial charge is 0.329 e. The van der Waals surface area contributed by atoms with Crippen LogP contribution >= 0.6 is 11.8 Å². The van der Waals surface area contributed by atoms with Gasteiger partial charge in [0.25, 0.3) is 5.91 Å². The van der Waals surface area contributed by atoms with E-state index in [1.165, 1.54) is 18.9 Å². The quantitative estimate of drug-likeness (QED) is 0.626. The maximum Gasteiger partial charge on any atom is 0.329 e. The Morgan fingerprint density at radius 2 is 2.16 bits per heavy atom. The summed E-state index contributed by atoms with van der Waals surface area (Å²) in [6, 6.07) is 4.35. The van der Waals surface area contributed by atoms with Gasteiger partial charge in [-0.1, -0.05) is 0 Å². The first-order chi connectivity index (χ1) is 8.99. The van der Waals surface area contributed by atoms with Gasteiger partial charge in [0.15, 0.2) is 0 Å². The first-order valence-corrected chi connectivity index (χ1v) is 7.12. The number of aryl methyl sites for hydroxylation is 1. The summed E-state index contributed by atoms with van der Waals surface area (Å²) in [5, 5.41) is 2.66. The number of hydrogen-bond donors (Lipinski definition) is 2. The number of benzene rings is 1. The average molecular weight is 282 g/mol.